The maximum absolute atomic E-state index is 6.44. The van der Waals surface area contributed by atoms with Crippen LogP contribution in [0.1, 0.15) is 78.2 Å². The van der Waals surface area contributed by atoms with Crippen LogP contribution in [0.5, 0.6) is 0 Å². The Morgan fingerprint density at radius 2 is 1.80 bits per heavy atom. The van der Waals surface area contributed by atoms with Gasteiger partial charge in [-0.2, -0.15) is 0 Å². The van der Waals surface area contributed by atoms with E-state index < -0.39 is 0 Å². The van der Waals surface area contributed by atoms with Crippen molar-refractivity contribution >= 4 is 17.2 Å². The molecule has 6 unspecified atom stereocenters. The Bertz CT molecular complexity index is 835. The van der Waals surface area contributed by atoms with Crippen LogP contribution in [0.15, 0.2) is 30.3 Å². The molecule has 4 saturated carbocycles. The molecule has 0 aromatic heterocycles. The summed E-state index contributed by atoms with van der Waals surface area (Å²) in [4.78, 5) is 3.89. The molecule has 2 N–H and O–H groups in total. The summed E-state index contributed by atoms with van der Waals surface area (Å²) in [5.41, 5.74) is 9.41. The van der Waals surface area contributed by atoms with E-state index in [1.54, 1.807) is 5.56 Å². The minimum absolute atomic E-state index is 0.155. The van der Waals surface area contributed by atoms with Crippen LogP contribution >= 0.6 is 12.2 Å². The summed E-state index contributed by atoms with van der Waals surface area (Å²) >= 11 is 6.36. The first-order chi connectivity index (χ1) is 14.3. The third-order valence-electron chi connectivity index (χ3n) is 9.95. The second-order valence-electron chi connectivity index (χ2n) is 11.8. The van der Waals surface area contributed by atoms with E-state index in [1.807, 2.05) is 13.8 Å². The Morgan fingerprint density at radius 1 is 1.07 bits per heavy atom. The van der Waals surface area contributed by atoms with E-state index >= 15 is 0 Å². The van der Waals surface area contributed by atoms with Crippen molar-refractivity contribution in [2.45, 2.75) is 84.1 Å². The number of hydrogen-bond donors (Lipinski definition) is 1. The average Bonchev–Trinajstić information content (AvgIpc) is 3.06. The van der Waals surface area contributed by atoms with E-state index in [0.717, 1.165) is 31.3 Å². The fourth-order valence-electron chi connectivity index (χ4n) is 8.87. The zero-order valence-electron chi connectivity index (χ0n) is 19.4. The lowest BCUT2D eigenvalue weighted by Gasteiger charge is -2.59. The summed E-state index contributed by atoms with van der Waals surface area (Å²) in [6.07, 6.45) is 9.43. The molecule has 0 radical (unpaired) electrons. The largest absolute Gasteiger partial charge is 0.365 e. The molecule has 6 rings (SSSR count). The lowest BCUT2D eigenvalue weighted by atomic mass is 9.44. The summed E-state index contributed by atoms with van der Waals surface area (Å²) in [6.45, 7) is 10.7. The Balaban J connectivity index is 0.000000937. The van der Waals surface area contributed by atoms with E-state index in [2.05, 4.69) is 49.1 Å². The van der Waals surface area contributed by atoms with Gasteiger partial charge in [-0.3, -0.25) is 0 Å². The minimum atomic E-state index is 0.155. The van der Waals surface area contributed by atoms with Crippen molar-refractivity contribution in [1.29, 1.82) is 0 Å². The predicted octanol–water partition coefficient (Wildman–Crippen LogP) is 5.94. The van der Waals surface area contributed by atoms with Gasteiger partial charge in [0.05, 0.1) is 4.99 Å². The molecule has 5 fully saturated rings. The van der Waals surface area contributed by atoms with Crippen LogP contribution in [0, 0.1) is 28.1 Å². The van der Waals surface area contributed by atoms with Gasteiger partial charge in [-0.1, -0.05) is 70.2 Å². The zero-order valence-corrected chi connectivity index (χ0v) is 20.2. The van der Waals surface area contributed by atoms with Crippen LogP contribution in [0.4, 0.5) is 0 Å². The number of fused-ring (bicyclic) bond motifs is 2. The predicted molar refractivity (Wildman–Crippen MR) is 130 cm³/mol. The highest BCUT2D eigenvalue weighted by Crippen LogP contribution is 2.84. The van der Waals surface area contributed by atoms with E-state index in [4.69, 9.17) is 18.0 Å². The normalized spacial score (nSPS) is 44.7. The number of benzene rings is 1. The van der Waals surface area contributed by atoms with Crippen LogP contribution in [-0.4, -0.2) is 29.0 Å². The maximum atomic E-state index is 6.44. The quantitative estimate of drug-likeness (QED) is 0.596. The molecule has 1 aliphatic heterocycles. The number of piperidine rings is 1. The van der Waals surface area contributed by atoms with Crippen molar-refractivity contribution in [3.8, 4) is 0 Å². The van der Waals surface area contributed by atoms with Gasteiger partial charge in [0.15, 0.2) is 0 Å². The van der Waals surface area contributed by atoms with E-state index in [1.165, 1.54) is 43.5 Å². The van der Waals surface area contributed by atoms with E-state index in [9.17, 15) is 0 Å². The van der Waals surface area contributed by atoms with E-state index in [0.29, 0.717) is 16.9 Å². The number of hydrogen-bond acceptors (Lipinski definition) is 2. The van der Waals surface area contributed by atoms with Crippen LogP contribution < -0.4 is 5.73 Å². The Hall–Kier alpha value is -0.930. The second-order valence-corrected chi connectivity index (χ2v) is 12.1. The fourth-order valence-corrected chi connectivity index (χ4v) is 9.25. The first-order valence-electron chi connectivity index (χ1n) is 12.4. The summed E-state index contributed by atoms with van der Waals surface area (Å²) < 4.78 is 0. The van der Waals surface area contributed by atoms with Crippen LogP contribution in [0.25, 0.3) is 0 Å². The van der Waals surface area contributed by atoms with Gasteiger partial charge in [-0.05, 0) is 73.2 Å². The van der Waals surface area contributed by atoms with Gasteiger partial charge in [-0.15, -0.1) is 0 Å². The molecule has 1 heterocycles. The number of rotatable bonds is 2. The Morgan fingerprint density at radius 3 is 2.50 bits per heavy atom. The Labute approximate surface area is 189 Å². The molecule has 164 valence electrons. The van der Waals surface area contributed by atoms with Gasteiger partial charge in [0.1, 0.15) is 0 Å². The summed E-state index contributed by atoms with van der Waals surface area (Å²) in [7, 11) is 0. The average molecular weight is 425 g/mol. The van der Waals surface area contributed by atoms with Gasteiger partial charge >= 0.3 is 0 Å². The monoisotopic (exact) mass is 424 g/mol. The lowest BCUT2D eigenvalue weighted by molar-refractivity contribution is -0.0361. The van der Waals surface area contributed by atoms with Crippen molar-refractivity contribution in [1.82, 2.24) is 4.90 Å². The van der Waals surface area contributed by atoms with Crippen LogP contribution in [0.3, 0.4) is 0 Å². The standard InChI is InChI=1S/C25H34N2S.C2H6/c1-22(2)16-27(9-8-20(22)26)21(28)23-11-17-10-19-13-25(15-23,24(19,12-17)14-23)18-6-4-3-5-7-18;1-2/h3-7,17,19-20H,8-16,26H2,1-2H3;1-2H3. The molecule has 1 saturated heterocycles. The summed E-state index contributed by atoms with van der Waals surface area (Å²) in [6, 6.07) is 11.8. The summed E-state index contributed by atoms with van der Waals surface area (Å²) in [5, 5.41) is 0. The molecule has 2 nitrogen and oxygen atoms in total. The second kappa shape index (κ2) is 6.78. The summed E-state index contributed by atoms with van der Waals surface area (Å²) in [5.74, 6) is 1.86. The lowest BCUT2D eigenvalue weighted by Crippen LogP contribution is -2.56. The van der Waals surface area contributed by atoms with Gasteiger partial charge in [0, 0.05) is 30.0 Å². The fraction of sp³-hybridized carbons (Fsp3) is 0.741. The molecule has 3 bridgehead atoms. The highest BCUT2D eigenvalue weighted by atomic mass is 32.1. The molecule has 3 heteroatoms. The number of thiocarbonyl (C=S) groups is 1. The van der Waals surface area contributed by atoms with Crippen molar-refractivity contribution in [3.05, 3.63) is 35.9 Å². The maximum Gasteiger partial charge on any atom is 0.0842 e. The first-order valence-corrected chi connectivity index (χ1v) is 12.8. The topological polar surface area (TPSA) is 29.3 Å². The number of nitrogens with two attached hydrogens (primary N) is 1. The highest BCUT2D eigenvalue weighted by molar-refractivity contribution is 7.80. The number of nitrogens with zero attached hydrogens (tertiary/aromatic N) is 1. The van der Waals surface area contributed by atoms with E-state index in [-0.39, 0.29) is 10.8 Å². The van der Waals surface area contributed by atoms with Gasteiger partial charge in [0.2, 0.25) is 0 Å². The first kappa shape index (κ1) is 20.9. The molecule has 1 aromatic carbocycles. The zero-order chi connectivity index (χ0) is 21.4. The SMILES string of the molecule is CC.CC1(C)CN(C(=S)C23CC4CC5CC(c6ccccc6)(C2)C5(C4)C3)CCC1N. The Kier molecular flexibility index (Phi) is 4.74. The van der Waals surface area contributed by atoms with Gasteiger partial charge in [0.25, 0.3) is 0 Å². The van der Waals surface area contributed by atoms with Gasteiger partial charge < -0.3 is 10.6 Å². The van der Waals surface area contributed by atoms with Gasteiger partial charge in [-0.25, -0.2) is 0 Å². The van der Waals surface area contributed by atoms with Crippen molar-refractivity contribution in [2.24, 2.45) is 33.8 Å². The molecular formula is C27H40N2S. The van der Waals surface area contributed by atoms with Crippen molar-refractivity contribution in [3.63, 3.8) is 0 Å². The molecule has 1 spiro atoms. The molecule has 0 amide bonds. The van der Waals surface area contributed by atoms with Crippen LogP contribution in [0.2, 0.25) is 0 Å². The smallest absolute Gasteiger partial charge is 0.0842 e. The third-order valence-corrected chi connectivity index (χ3v) is 10.6. The number of likely N-dealkylation sites (tertiary alicyclic amines) is 1. The van der Waals surface area contributed by atoms with Crippen molar-refractivity contribution in [2.75, 3.05) is 13.1 Å². The van der Waals surface area contributed by atoms with Crippen LogP contribution in [-0.2, 0) is 5.41 Å². The molecule has 5 aliphatic rings. The van der Waals surface area contributed by atoms with Crippen molar-refractivity contribution < 1.29 is 0 Å². The molecular weight excluding hydrogens is 384 g/mol. The molecule has 6 atom stereocenters. The third kappa shape index (κ3) is 2.54. The highest BCUT2D eigenvalue weighted by Gasteiger charge is 2.79. The molecule has 4 aliphatic carbocycles. The molecule has 1 aromatic rings. The minimum Gasteiger partial charge on any atom is -0.365 e. The molecule has 30 heavy (non-hydrogen) atoms.